The van der Waals surface area contributed by atoms with Crippen molar-refractivity contribution in [1.82, 2.24) is 9.55 Å². The molecule has 19 heavy (non-hydrogen) atoms. The highest BCUT2D eigenvalue weighted by Gasteiger charge is 2.26. The monoisotopic (exact) mass is 390 g/mol. The van der Waals surface area contributed by atoms with E-state index in [1.807, 2.05) is 0 Å². The number of aromatic nitrogens is 2. The highest BCUT2D eigenvalue weighted by Crippen LogP contribution is 2.31. The lowest BCUT2D eigenvalue weighted by molar-refractivity contribution is 0.175. The van der Waals surface area contributed by atoms with Gasteiger partial charge < -0.3 is 9.30 Å². The number of fused-ring (bicyclic) bond motifs is 1. The molecule has 0 N–H and O–H groups in total. The molecular weight excluding hydrogens is 375 g/mol. The number of rotatable bonds is 3. The number of ether oxygens (including phenoxy) is 1. The molecule has 2 heterocycles. The minimum absolute atomic E-state index is 0.376. The molecule has 1 aliphatic heterocycles. The van der Waals surface area contributed by atoms with Gasteiger partial charge in [-0.25, -0.2) is 4.98 Å². The van der Waals surface area contributed by atoms with Crippen LogP contribution in [0, 0.1) is 9.49 Å². The molecule has 0 spiro atoms. The van der Waals surface area contributed by atoms with Crippen LogP contribution in [0.15, 0.2) is 18.2 Å². The molecule has 102 valence electrons. The Balaban J connectivity index is 2.09. The molecule has 0 radical (unpaired) electrons. The lowest BCUT2D eigenvalue weighted by Crippen LogP contribution is -2.18. The summed E-state index contributed by atoms with van der Waals surface area (Å²) in [6.07, 6.45) is 1.12. The molecule has 2 aromatic rings. The van der Waals surface area contributed by atoms with Gasteiger partial charge in [0, 0.05) is 22.1 Å². The van der Waals surface area contributed by atoms with Crippen molar-refractivity contribution in [2.75, 3.05) is 13.2 Å². The van der Waals surface area contributed by atoms with Crippen molar-refractivity contribution in [3.05, 3.63) is 27.6 Å². The summed E-state index contributed by atoms with van der Waals surface area (Å²) in [5.74, 6) is 1.96. The first-order valence-corrected chi connectivity index (χ1v) is 8.12. The number of halogens is 2. The van der Waals surface area contributed by atoms with Gasteiger partial charge in [0.1, 0.15) is 5.82 Å². The molecule has 0 bridgehead atoms. The van der Waals surface area contributed by atoms with Gasteiger partial charge >= 0.3 is 0 Å². The zero-order chi connectivity index (χ0) is 13.4. The molecule has 1 saturated heterocycles. The van der Waals surface area contributed by atoms with Gasteiger partial charge in [-0.2, -0.15) is 0 Å². The van der Waals surface area contributed by atoms with E-state index in [0.29, 0.717) is 17.8 Å². The summed E-state index contributed by atoms with van der Waals surface area (Å²) in [7, 11) is 0. The first kappa shape index (κ1) is 13.6. The number of benzene rings is 1. The normalized spacial score (nSPS) is 21.1. The summed E-state index contributed by atoms with van der Waals surface area (Å²) < 4.78 is 9.00. The first-order chi connectivity index (χ1) is 9.20. The van der Waals surface area contributed by atoms with E-state index in [1.165, 1.54) is 9.09 Å². The quantitative estimate of drug-likeness (QED) is 0.585. The van der Waals surface area contributed by atoms with Crippen LogP contribution in [0.4, 0.5) is 0 Å². The van der Waals surface area contributed by atoms with Crippen LogP contribution in [0.2, 0.25) is 0 Å². The van der Waals surface area contributed by atoms with Crippen molar-refractivity contribution in [2.45, 2.75) is 25.3 Å². The topological polar surface area (TPSA) is 27.1 Å². The van der Waals surface area contributed by atoms with E-state index < -0.39 is 0 Å². The number of nitrogens with zero attached hydrogens (tertiary/aromatic N) is 2. The van der Waals surface area contributed by atoms with Gasteiger partial charge in [0.05, 0.1) is 23.5 Å². The molecule has 3 nitrogen and oxygen atoms in total. The lowest BCUT2D eigenvalue weighted by atomic mass is 10.0. The van der Waals surface area contributed by atoms with Crippen LogP contribution in [0.1, 0.15) is 25.2 Å². The predicted octanol–water partition coefficient (Wildman–Crippen LogP) is 3.98. The van der Waals surface area contributed by atoms with E-state index in [2.05, 4.69) is 57.3 Å². The third kappa shape index (κ3) is 2.50. The van der Waals surface area contributed by atoms with Crippen molar-refractivity contribution in [1.29, 1.82) is 0 Å². The standard InChI is InChI=1S/C14H16ClIN2O/c1-9(10-4-5-19-8-10)18-13-3-2-11(16)6-12(13)17-14(18)7-15/h2-3,6,9-10H,4-5,7-8H2,1H3. The average molecular weight is 391 g/mol. The second-order valence-electron chi connectivity index (χ2n) is 5.03. The molecule has 0 amide bonds. The number of hydrogen-bond donors (Lipinski definition) is 0. The third-order valence-electron chi connectivity index (χ3n) is 3.90. The van der Waals surface area contributed by atoms with Crippen LogP contribution in [-0.4, -0.2) is 22.8 Å². The van der Waals surface area contributed by atoms with E-state index in [1.54, 1.807) is 0 Å². The Morgan fingerprint density at radius 2 is 2.42 bits per heavy atom. The Hall–Kier alpha value is -0.330. The van der Waals surface area contributed by atoms with Gasteiger partial charge in [-0.1, -0.05) is 0 Å². The maximum atomic E-state index is 6.08. The number of hydrogen-bond acceptors (Lipinski definition) is 2. The molecule has 0 aliphatic carbocycles. The van der Waals surface area contributed by atoms with Crippen LogP contribution in [0.25, 0.3) is 11.0 Å². The first-order valence-electron chi connectivity index (χ1n) is 6.50. The number of alkyl halides is 1. The maximum Gasteiger partial charge on any atom is 0.125 e. The summed E-state index contributed by atoms with van der Waals surface area (Å²) in [6.45, 7) is 3.96. The Morgan fingerprint density at radius 1 is 1.58 bits per heavy atom. The fraction of sp³-hybridized carbons (Fsp3) is 0.500. The van der Waals surface area contributed by atoms with E-state index in [0.717, 1.165) is 31.0 Å². The summed E-state index contributed by atoms with van der Waals surface area (Å²) in [6, 6.07) is 6.75. The summed E-state index contributed by atoms with van der Waals surface area (Å²) in [5, 5.41) is 0. The van der Waals surface area contributed by atoms with Crippen molar-refractivity contribution in [2.24, 2.45) is 5.92 Å². The fourth-order valence-electron chi connectivity index (χ4n) is 2.81. The van der Waals surface area contributed by atoms with E-state index in [4.69, 9.17) is 16.3 Å². The summed E-state index contributed by atoms with van der Waals surface area (Å²) >= 11 is 8.39. The zero-order valence-electron chi connectivity index (χ0n) is 10.8. The predicted molar refractivity (Wildman–Crippen MR) is 85.6 cm³/mol. The Bertz CT molecular complexity index is 592. The van der Waals surface area contributed by atoms with Gasteiger partial charge in [0.2, 0.25) is 0 Å². The largest absolute Gasteiger partial charge is 0.381 e. The molecule has 2 unspecified atom stereocenters. The van der Waals surface area contributed by atoms with Crippen molar-refractivity contribution >= 4 is 45.2 Å². The average Bonchev–Trinajstić information content (AvgIpc) is 3.04. The van der Waals surface area contributed by atoms with E-state index in [9.17, 15) is 0 Å². The van der Waals surface area contributed by atoms with Crippen molar-refractivity contribution < 1.29 is 4.74 Å². The lowest BCUT2D eigenvalue weighted by Gasteiger charge is -2.22. The van der Waals surface area contributed by atoms with Crippen LogP contribution >= 0.6 is 34.2 Å². The van der Waals surface area contributed by atoms with Gasteiger partial charge in [-0.15, -0.1) is 11.6 Å². The SMILES string of the molecule is CC(C1CCOC1)n1c(CCl)nc2cc(I)ccc21. The second kappa shape index (κ2) is 5.58. The molecule has 1 aromatic carbocycles. The minimum Gasteiger partial charge on any atom is -0.381 e. The fourth-order valence-corrected chi connectivity index (χ4v) is 3.48. The third-order valence-corrected chi connectivity index (χ3v) is 4.81. The summed E-state index contributed by atoms with van der Waals surface area (Å²) in [4.78, 5) is 4.67. The molecule has 5 heteroatoms. The minimum atomic E-state index is 0.376. The summed E-state index contributed by atoms with van der Waals surface area (Å²) in [5.41, 5.74) is 2.21. The molecule has 1 aliphatic rings. The van der Waals surface area contributed by atoms with Crippen LogP contribution in [-0.2, 0) is 10.6 Å². The van der Waals surface area contributed by atoms with Gasteiger partial charge in [-0.05, 0) is 54.1 Å². The van der Waals surface area contributed by atoms with Crippen LogP contribution < -0.4 is 0 Å². The molecule has 0 saturated carbocycles. The van der Waals surface area contributed by atoms with Crippen LogP contribution in [0.5, 0.6) is 0 Å². The van der Waals surface area contributed by atoms with Gasteiger partial charge in [0.15, 0.2) is 0 Å². The Morgan fingerprint density at radius 3 is 3.11 bits per heavy atom. The maximum absolute atomic E-state index is 6.08. The molecule has 2 atom stereocenters. The molecular formula is C14H16ClIN2O. The van der Waals surface area contributed by atoms with Crippen molar-refractivity contribution in [3.8, 4) is 0 Å². The van der Waals surface area contributed by atoms with Gasteiger partial charge in [-0.3, -0.25) is 0 Å². The second-order valence-corrected chi connectivity index (χ2v) is 6.54. The highest BCUT2D eigenvalue weighted by molar-refractivity contribution is 14.1. The van der Waals surface area contributed by atoms with E-state index >= 15 is 0 Å². The molecule has 1 fully saturated rings. The zero-order valence-corrected chi connectivity index (χ0v) is 13.7. The van der Waals surface area contributed by atoms with Crippen LogP contribution in [0.3, 0.4) is 0 Å². The van der Waals surface area contributed by atoms with Gasteiger partial charge in [0.25, 0.3) is 0 Å². The Labute approximate surface area is 131 Å². The molecule has 1 aromatic heterocycles. The number of imidazole rings is 1. The van der Waals surface area contributed by atoms with E-state index in [-0.39, 0.29) is 0 Å². The molecule has 3 rings (SSSR count). The van der Waals surface area contributed by atoms with Crippen molar-refractivity contribution in [3.63, 3.8) is 0 Å². The smallest absolute Gasteiger partial charge is 0.125 e. The highest BCUT2D eigenvalue weighted by atomic mass is 127. The Kier molecular flexibility index (Phi) is 4.01.